The van der Waals surface area contributed by atoms with E-state index in [0.29, 0.717) is 42.3 Å². The Morgan fingerprint density at radius 1 is 0.892 bits per heavy atom. The zero-order valence-corrected chi connectivity index (χ0v) is 22.6. The fourth-order valence-corrected chi connectivity index (χ4v) is 10.1. The number of benzene rings is 2. The van der Waals surface area contributed by atoms with E-state index < -0.39 is 12.2 Å². The largest absolute Gasteiger partial charge is 0.393 e. The highest BCUT2D eigenvalue weighted by Gasteiger charge is 2.62. The van der Waals surface area contributed by atoms with E-state index in [1.165, 1.54) is 0 Å². The first-order valence-corrected chi connectivity index (χ1v) is 14.7. The molecule has 4 nitrogen and oxygen atoms in total. The lowest BCUT2D eigenvalue weighted by Crippen LogP contribution is -2.57. The van der Waals surface area contributed by atoms with Crippen molar-refractivity contribution in [3.63, 3.8) is 0 Å². The molecule has 3 N–H and O–H groups in total. The number of rotatable bonds is 4. The molecular weight excluding hydrogens is 460 g/mol. The lowest BCUT2D eigenvalue weighted by atomic mass is 9.44. The van der Waals surface area contributed by atoms with Crippen molar-refractivity contribution in [2.45, 2.75) is 90.4 Å². The molecule has 0 spiro atoms. The van der Waals surface area contributed by atoms with Gasteiger partial charge < -0.3 is 15.3 Å². The molecule has 0 heterocycles. The van der Waals surface area contributed by atoms with E-state index in [-0.39, 0.29) is 28.8 Å². The monoisotopic (exact) mass is 504 g/mol. The molecule has 200 valence electrons. The van der Waals surface area contributed by atoms with Gasteiger partial charge in [-0.1, -0.05) is 63.2 Å². The molecule has 6 rings (SSSR count). The van der Waals surface area contributed by atoms with Crippen molar-refractivity contribution in [3.05, 3.63) is 48.0 Å². The number of hydrogen-bond donors (Lipinski definition) is 3. The number of ketones is 1. The van der Waals surface area contributed by atoms with E-state index in [9.17, 15) is 20.1 Å². The fraction of sp³-hybridized carbons (Fsp3) is 0.667. The van der Waals surface area contributed by atoms with Crippen molar-refractivity contribution in [2.24, 2.45) is 46.3 Å². The van der Waals surface area contributed by atoms with Gasteiger partial charge in [-0.2, -0.15) is 0 Å². The third-order valence-corrected chi connectivity index (χ3v) is 12.1. The van der Waals surface area contributed by atoms with Gasteiger partial charge in [0.2, 0.25) is 0 Å². The van der Waals surface area contributed by atoms with Gasteiger partial charge in [0.05, 0.1) is 12.2 Å². The van der Waals surface area contributed by atoms with E-state index in [4.69, 9.17) is 0 Å². The van der Waals surface area contributed by atoms with Crippen molar-refractivity contribution >= 4 is 16.6 Å². The predicted octanol–water partition coefficient (Wildman–Crippen LogP) is 6.07. The van der Waals surface area contributed by atoms with Crippen LogP contribution in [0.25, 0.3) is 10.8 Å². The van der Waals surface area contributed by atoms with Crippen LogP contribution in [0.15, 0.2) is 42.5 Å². The second-order valence-corrected chi connectivity index (χ2v) is 13.6. The van der Waals surface area contributed by atoms with Gasteiger partial charge in [-0.25, -0.2) is 0 Å². The second-order valence-electron chi connectivity index (χ2n) is 13.6. The van der Waals surface area contributed by atoms with Crippen molar-refractivity contribution in [1.82, 2.24) is 0 Å². The topological polar surface area (TPSA) is 77.8 Å². The van der Waals surface area contributed by atoms with E-state index >= 15 is 0 Å². The van der Waals surface area contributed by atoms with E-state index in [1.54, 1.807) is 0 Å². The van der Waals surface area contributed by atoms with Crippen molar-refractivity contribution in [2.75, 3.05) is 0 Å². The summed E-state index contributed by atoms with van der Waals surface area (Å²) in [6.45, 7) is 6.90. The average Bonchev–Trinajstić information content (AvgIpc) is 3.25. The average molecular weight is 505 g/mol. The Hall–Kier alpha value is -1.75. The van der Waals surface area contributed by atoms with Gasteiger partial charge >= 0.3 is 0 Å². The van der Waals surface area contributed by atoms with Crippen LogP contribution in [0.3, 0.4) is 0 Å². The minimum Gasteiger partial charge on any atom is -0.393 e. The van der Waals surface area contributed by atoms with Crippen LogP contribution in [-0.2, 0) is 4.79 Å². The third-order valence-electron chi connectivity index (χ3n) is 12.1. The molecule has 4 fully saturated rings. The Kier molecular flexibility index (Phi) is 6.33. The van der Waals surface area contributed by atoms with Crippen molar-refractivity contribution < 1.29 is 20.1 Å². The summed E-state index contributed by atoms with van der Waals surface area (Å²) in [5.74, 6) is 2.17. The lowest BCUT2D eigenvalue weighted by Gasteiger charge is -2.60. The fourth-order valence-electron chi connectivity index (χ4n) is 10.1. The van der Waals surface area contributed by atoms with E-state index in [0.717, 1.165) is 54.9 Å². The molecule has 37 heavy (non-hydrogen) atoms. The second kappa shape index (κ2) is 9.17. The van der Waals surface area contributed by atoms with Crippen molar-refractivity contribution in [1.29, 1.82) is 0 Å². The molecule has 0 amide bonds. The SMILES string of the molecule is C[C@H]([C@@H](O)[C@H](O)c1cccc2ccccc12)[C@H]1CC[C@H]2[C@@H]3CC(=O)[C@H]4C[C@H](O)CC[C@]4(C)[C@H]3CC[C@]12C. The van der Waals surface area contributed by atoms with Gasteiger partial charge in [0, 0.05) is 12.3 Å². The molecule has 11 atom stereocenters. The highest BCUT2D eigenvalue weighted by Crippen LogP contribution is 2.68. The number of Topliss-reactive ketones (excluding diaryl/α,β-unsaturated/α-hetero) is 1. The molecular formula is C33H44O4. The number of carbonyl (C=O) groups excluding carboxylic acids is 1. The molecule has 0 aliphatic heterocycles. The molecule has 0 bridgehead atoms. The number of hydrogen-bond acceptors (Lipinski definition) is 4. The Labute approximate surface area is 221 Å². The molecule has 4 aliphatic carbocycles. The summed E-state index contributed by atoms with van der Waals surface area (Å²) < 4.78 is 0. The lowest BCUT2D eigenvalue weighted by molar-refractivity contribution is -0.161. The molecule has 4 heteroatoms. The van der Waals surface area contributed by atoms with E-state index in [2.05, 4.69) is 20.8 Å². The Morgan fingerprint density at radius 2 is 1.59 bits per heavy atom. The summed E-state index contributed by atoms with van der Waals surface area (Å²) in [4.78, 5) is 13.4. The maximum atomic E-state index is 13.4. The smallest absolute Gasteiger partial charge is 0.136 e. The molecule has 2 aromatic rings. The zero-order valence-electron chi connectivity index (χ0n) is 22.6. The third kappa shape index (κ3) is 3.85. The van der Waals surface area contributed by atoms with Crippen LogP contribution < -0.4 is 0 Å². The minimum absolute atomic E-state index is 0.0222. The van der Waals surface area contributed by atoms with Gasteiger partial charge in [0.25, 0.3) is 0 Å². The Bertz CT molecular complexity index is 1170. The number of aliphatic hydroxyl groups is 3. The van der Waals surface area contributed by atoms with Crippen LogP contribution in [0.2, 0.25) is 0 Å². The molecule has 4 aliphatic rings. The summed E-state index contributed by atoms with van der Waals surface area (Å²) in [6.07, 6.45) is 5.45. The predicted molar refractivity (Wildman–Crippen MR) is 146 cm³/mol. The summed E-state index contributed by atoms with van der Waals surface area (Å²) >= 11 is 0. The number of fused-ring (bicyclic) bond motifs is 6. The summed E-state index contributed by atoms with van der Waals surface area (Å²) in [5.41, 5.74) is 0.906. The van der Waals surface area contributed by atoms with Crippen LogP contribution in [0.5, 0.6) is 0 Å². The first kappa shape index (κ1) is 25.5. The molecule has 0 saturated heterocycles. The van der Waals surface area contributed by atoms with Crippen LogP contribution >= 0.6 is 0 Å². The summed E-state index contributed by atoms with van der Waals surface area (Å²) in [7, 11) is 0. The van der Waals surface area contributed by atoms with Crippen molar-refractivity contribution in [3.8, 4) is 0 Å². The van der Waals surface area contributed by atoms with Gasteiger partial charge in [0.1, 0.15) is 11.9 Å². The quantitative estimate of drug-likeness (QED) is 0.472. The van der Waals surface area contributed by atoms with E-state index in [1.807, 2.05) is 42.5 Å². The van der Waals surface area contributed by atoms with Gasteiger partial charge in [-0.3, -0.25) is 4.79 Å². The highest BCUT2D eigenvalue weighted by atomic mass is 16.3. The first-order valence-electron chi connectivity index (χ1n) is 14.7. The summed E-state index contributed by atoms with van der Waals surface area (Å²) in [5, 5.41) is 35.3. The zero-order chi connectivity index (χ0) is 26.1. The number of carbonyl (C=O) groups is 1. The van der Waals surface area contributed by atoms with Gasteiger partial charge in [-0.15, -0.1) is 0 Å². The van der Waals surface area contributed by atoms with Crippen LogP contribution in [0.4, 0.5) is 0 Å². The molecule has 0 radical (unpaired) electrons. The highest BCUT2D eigenvalue weighted by molar-refractivity contribution is 5.86. The maximum absolute atomic E-state index is 13.4. The van der Waals surface area contributed by atoms with Crippen LogP contribution in [-0.4, -0.2) is 33.3 Å². The van der Waals surface area contributed by atoms with Gasteiger partial charge in [0.15, 0.2) is 0 Å². The molecule has 0 aromatic heterocycles. The first-order chi connectivity index (χ1) is 17.6. The van der Waals surface area contributed by atoms with Gasteiger partial charge in [-0.05, 0) is 102 Å². The normalized spacial score (nSPS) is 41.9. The maximum Gasteiger partial charge on any atom is 0.136 e. The van der Waals surface area contributed by atoms with Crippen LogP contribution in [0, 0.1) is 46.3 Å². The summed E-state index contributed by atoms with van der Waals surface area (Å²) in [6, 6.07) is 14.0. The number of aliphatic hydroxyl groups excluding tert-OH is 3. The molecule has 0 unspecified atom stereocenters. The molecule has 4 saturated carbocycles. The standard InChI is InChI=1S/C33H44O4/c1-19(30(36)31(37)23-10-6-8-20-7-4-5-9-22(20)23)25-11-12-26-24-18-29(35)28-17-21(34)13-15-33(28,3)27(24)14-16-32(25,26)2/h4-10,19,21,24-28,30-31,34,36-37H,11-18H2,1-3H3/t19-,21+,24-,25+,26-,27-,28+,30+,31+,32+,33+/m0/s1. The Balaban J connectivity index is 1.24. The van der Waals surface area contributed by atoms with Crippen LogP contribution in [0.1, 0.15) is 83.8 Å². The Morgan fingerprint density at radius 3 is 2.41 bits per heavy atom. The molecule has 2 aromatic carbocycles. The minimum atomic E-state index is -0.926.